The van der Waals surface area contributed by atoms with Crippen LogP contribution in [0.15, 0.2) is 24.4 Å². The fourth-order valence-electron chi connectivity index (χ4n) is 4.55. The molecule has 0 saturated heterocycles. The minimum atomic E-state index is -0.0585. The average molecular weight is 448 g/mol. The molecule has 1 aromatic carbocycles. The lowest BCUT2D eigenvalue weighted by atomic mass is 10.0. The second-order valence-corrected chi connectivity index (χ2v) is 8.71. The summed E-state index contributed by atoms with van der Waals surface area (Å²) in [6, 6.07) is 6.19. The van der Waals surface area contributed by atoms with E-state index >= 15 is 0 Å². The molecule has 172 valence electrons. The van der Waals surface area contributed by atoms with Crippen molar-refractivity contribution in [3.05, 3.63) is 47.0 Å². The molecule has 2 N–H and O–H groups in total. The van der Waals surface area contributed by atoms with Crippen LogP contribution in [-0.4, -0.2) is 66.1 Å². The molecule has 9 heteroatoms. The highest BCUT2D eigenvalue weighted by Gasteiger charge is 2.20. The molecular formula is C24H29N7O2. The van der Waals surface area contributed by atoms with E-state index < -0.39 is 0 Å². The van der Waals surface area contributed by atoms with Gasteiger partial charge in [0.05, 0.1) is 47.5 Å². The topological polar surface area (TPSA) is 97.0 Å². The first-order valence-corrected chi connectivity index (χ1v) is 11.2. The molecule has 3 aromatic heterocycles. The number of H-pyrrole nitrogens is 1. The van der Waals surface area contributed by atoms with Crippen molar-refractivity contribution in [3.63, 3.8) is 0 Å². The Hall–Kier alpha value is -3.43. The van der Waals surface area contributed by atoms with Gasteiger partial charge in [0.1, 0.15) is 6.10 Å². The summed E-state index contributed by atoms with van der Waals surface area (Å²) in [5.74, 6) is 0.743. The number of hydrogen-bond acceptors (Lipinski definition) is 6. The van der Waals surface area contributed by atoms with Crippen LogP contribution in [0.25, 0.3) is 34.2 Å². The summed E-state index contributed by atoms with van der Waals surface area (Å²) in [4.78, 5) is 2.22. The van der Waals surface area contributed by atoms with Crippen molar-refractivity contribution in [2.24, 2.45) is 7.05 Å². The first-order valence-electron chi connectivity index (χ1n) is 11.2. The van der Waals surface area contributed by atoms with Gasteiger partial charge in [0.15, 0.2) is 0 Å². The normalized spacial score (nSPS) is 17.9. The number of benzene rings is 1. The maximum atomic E-state index is 9.56. The second-order valence-electron chi connectivity index (χ2n) is 8.71. The summed E-state index contributed by atoms with van der Waals surface area (Å²) in [6.07, 6.45) is 5.94. The van der Waals surface area contributed by atoms with Crippen LogP contribution in [0.4, 0.5) is 0 Å². The molecule has 5 rings (SSSR count). The number of rotatable bonds is 2. The molecule has 4 aromatic rings. The van der Waals surface area contributed by atoms with Gasteiger partial charge >= 0.3 is 0 Å². The van der Waals surface area contributed by atoms with E-state index in [-0.39, 0.29) is 12.7 Å². The first-order chi connectivity index (χ1) is 15.9. The zero-order valence-electron chi connectivity index (χ0n) is 19.4. The molecule has 0 radical (unpaired) electrons. The van der Waals surface area contributed by atoms with Gasteiger partial charge in [-0.1, -0.05) is 6.07 Å². The Morgan fingerprint density at radius 1 is 1.24 bits per heavy atom. The number of nitrogens with zero attached hydrogens (tertiary/aromatic N) is 6. The third-order valence-electron chi connectivity index (χ3n) is 6.09. The molecule has 1 unspecified atom stereocenters. The standard InChI is InChI=1S/C24H29N7O2/c1-15-13-29(3)14-23-18(16(2)28-31(23)9-10-32)6-8-22-19-11-17(5-7-21(19)26-27-22)20-12-25-30(4)24(20)33-15/h5-8,11-12,15,32H,9-10,13-14H2,1-4H3,(H,26,27)/b8-6+. The van der Waals surface area contributed by atoms with E-state index in [1.165, 1.54) is 0 Å². The minimum Gasteiger partial charge on any atom is -0.473 e. The molecule has 0 fully saturated rings. The molecule has 9 nitrogen and oxygen atoms in total. The van der Waals surface area contributed by atoms with E-state index in [1.54, 1.807) is 4.68 Å². The largest absolute Gasteiger partial charge is 0.473 e. The van der Waals surface area contributed by atoms with Gasteiger partial charge in [0.2, 0.25) is 5.88 Å². The van der Waals surface area contributed by atoms with Crippen molar-refractivity contribution in [3.8, 4) is 17.0 Å². The second kappa shape index (κ2) is 8.49. The molecule has 2 bridgehead atoms. The third kappa shape index (κ3) is 3.94. The molecule has 0 aliphatic carbocycles. The zero-order chi connectivity index (χ0) is 23.1. The number of nitrogens with one attached hydrogen (secondary N) is 1. The predicted molar refractivity (Wildman–Crippen MR) is 128 cm³/mol. The number of aryl methyl sites for hydroxylation is 2. The summed E-state index contributed by atoms with van der Waals surface area (Å²) < 4.78 is 10.1. The van der Waals surface area contributed by atoms with Crippen LogP contribution in [0.3, 0.4) is 0 Å². The van der Waals surface area contributed by atoms with Gasteiger partial charge in [0.25, 0.3) is 0 Å². The van der Waals surface area contributed by atoms with Crippen LogP contribution in [0.1, 0.15) is 29.6 Å². The summed E-state index contributed by atoms with van der Waals surface area (Å²) in [5, 5.41) is 27.4. The molecule has 1 aliphatic heterocycles. The number of aromatic amines is 1. The molecule has 33 heavy (non-hydrogen) atoms. The van der Waals surface area contributed by atoms with Gasteiger partial charge in [-0.2, -0.15) is 15.3 Å². The van der Waals surface area contributed by atoms with Gasteiger partial charge in [-0.15, -0.1) is 0 Å². The van der Waals surface area contributed by atoms with Crippen LogP contribution in [0.5, 0.6) is 5.88 Å². The number of likely N-dealkylation sites (N-methyl/N-ethyl adjacent to an activating group) is 1. The monoisotopic (exact) mass is 447 g/mol. The fourth-order valence-corrected chi connectivity index (χ4v) is 4.55. The highest BCUT2D eigenvalue weighted by atomic mass is 16.5. The van der Waals surface area contributed by atoms with Crippen molar-refractivity contribution < 1.29 is 9.84 Å². The van der Waals surface area contributed by atoms with Gasteiger partial charge in [0, 0.05) is 31.1 Å². The van der Waals surface area contributed by atoms with Crippen LogP contribution in [0, 0.1) is 6.92 Å². The number of aliphatic hydroxyl groups excluding tert-OH is 1. The smallest absolute Gasteiger partial charge is 0.219 e. The van der Waals surface area contributed by atoms with Gasteiger partial charge in [-0.25, -0.2) is 4.68 Å². The van der Waals surface area contributed by atoms with Crippen LogP contribution in [0.2, 0.25) is 0 Å². The van der Waals surface area contributed by atoms with Gasteiger partial charge in [-0.3, -0.25) is 14.7 Å². The van der Waals surface area contributed by atoms with E-state index in [4.69, 9.17) is 4.74 Å². The van der Waals surface area contributed by atoms with Crippen LogP contribution >= 0.6 is 0 Å². The Labute approximate surface area is 192 Å². The average Bonchev–Trinajstić information content (AvgIpc) is 3.43. The highest BCUT2D eigenvalue weighted by molar-refractivity contribution is 5.93. The van der Waals surface area contributed by atoms with Gasteiger partial charge < -0.3 is 9.84 Å². The van der Waals surface area contributed by atoms with Crippen molar-refractivity contribution >= 4 is 23.1 Å². The lowest BCUT2D eigenvalue weighted by Crippen LogP contribution is -2.32. The van der Waals surface area contributed by atoms with Crippen molar-refractivity contribution in [2.45, 2.75) is 33.0 Å². The number of ether oxygens (including phenoxy) is 1. The number of fused-ring (bicyclic) bond motifs is 4. The van der Waals surface area contributed by atoms with Crippen molar-refractivity contribution in [1.29, 1.82) is 0 Å². The summed E-state index contributed by atoms with van der Waals surface area (Å²) in [5.41, 5.74) is 6.87. The third-order valence-corrected chi connectivity index (χ3v) is 6.09. The summed E-state index contributed by atoms with van der Waals surface area (Å²) in [6.45, 7) is 5.97. The predicted octanol–water partition coefficient (Wildman–Crippen LogP) is 2.84. The lowest BCUT2D eigenvalue weighted by Gasteiger charge is -2.23. The van der Waals surface area contributed by atoms with Gasteiger partial charge in [-0.05, 0) is 50.7 Å². The molecule has 4 heterocycles. The number of hydrogen-bond donors (Lipinski definition) is 2. The Morgan fingerprint density at radius 2 is 2.09 bits per heavy atom. The first kappa shape index (κ1) is 21.4. The molecule has 0 spiro atoms. The molecule has 0 saturated carbocycles. The Kier molecular flexibility index (Phi) is 5.51. The maximum Gasteiger partial charge on any atom is 0.219 e. The van der Waals surface area contributed by atoms with E-state index in [0.717, 1.165) is 57.1 Å². The SMILES string of the molecule is Cc1nn(CCO)c2c1/C=C/c1[nH]nc3ccc(cc13)-c1cnn(C)c1OC(C)CN(C)C2. The Balaban J connectivity index is 1.68. The van der Waals surface area contributed by atoms with Crippen LogP contribution in [-0.2, 0) is 20.1 Å². The Morgan fingerprint density at radius 3 is 2.91 bits per heavy atom. The molecule has 0 amide bonds. The number of aliphatic hydroxyl groups is 1. The van der Waals surface area contributed by atoms with Crippen molar-refractivity contribution in [1.82, 2.24) is 34.7 Å². The van der Waals surface area contributed by atoms with E-state index in [1.807, 2.05) is 30.9 Å². The molecule has 1 aliphatic rings. The maximum absolute atomic E-state index is 9.56. The van der Waals surface area contributed by atoms with E-state index in [9.17, 15) is 5.11 Å². The molecule has 1 atom stereocenters. The summed E-state index contributed by atoms with van der Waals surface area (Å²) >= 11 is 0. The quantitative estimate of drug-likeness (QED) is 0.491. The molecular weight excluding hydrogens is 418 g/mol. The summed E-state index contributed by atoms with van der Waals surface area (Å²) in [7, 11) is 3.97. The van der Waals surface area contributed by atoms with E-state index in [2.05, 4.69) is 63.6 Å². The zero-order valence-corrected chi connectivity index (χ0v) is 19.4. The van der Waals surface area contributed by atoms with Crippen LogP contribution < -0.4 is 4.74 Å². The van der Waals surface area contributed by atoms with E-state index in [0.29, 0.717) is 13.1 Å². The number of aromatic nitrogens is 6. The highest BCUT2D eigenvalue weighted by Crippen LogP contribution is 2.33. The lowest BCUT2D eigenvalue weighted by molar-refractivity contribution is 0.146. The Bertz CT molecular complexity index is 1330. The fraction of sp³-hybridized carbons (Fsp3) is 0.375. The van der Waals surface area contributed by atoms with Crippen molar-refractivity contribution in [2.75, 3.05) is 20.2 Å². The minimum absolute atomic E-state index is 0.0394.